The van der Waals surface area contributed by atoms with Gasteiger partial charge in [-0.15, -0.1) is 0 Å². The molecular weight excluding hydrogens is 482 g/mol. The van der Waals surface area contributed by atoms with Crippen molar-refractivity contribution in [3.63, 3.8) is 0 Å². The first-order valence-corrected chi connectivity index (χ1v) is 13.8. The van der Waals surface area contributed by atoms with Crippen LogP contribution in [0, 0.1) is 45.8 Å². The van der Waals surface area contributed by atoms with Gasteiger partial charge in [0.2, 0.25) is 0 Å². The van der Waals surface area contributed by atoms with E-state index in [0.29, 0.717) is 43.0 Å². The summed E-state index contributed by atoms with van der Waals surface area (Å²) in [5.41, 5.74) is -1.92. The van der Waals surface area contributed by atoms with Crippen LogP contribution in [0.4, 0.5) is 0 Å². The maximum absolute atomic E-state index is 13.5. The van der Waals surface area contributed by atoms with Crippen LogP contribution in [0.5, 0.6) is 0 Å². The minimum atomic E-state index is -1.25. The van der Waals surface area contributed by atoms with E-state index in [2.05, 4.69) is 19.6 Å². The standard InChI is InChI=1S/C28H40ClNO6/c1-16(2)23-7-19-8-26(14-32)22-6-5-17(3)21(22)9-27(19,28(23,26)25(33)34)15-36-24-11-30(10-18(4)29)20(12-31)13-35-24/h7,14,16-17,19-22,24,31H,4-6,8-13,15H2,1-3H3,(H,33,34)/t17-,19+,20-,21-,22-,24+,26+,27+,28+/m1/s1. The molecule has 3 saturated carbocycles. The van der Waals surface area contributed by atoms with Crippen molar-refractivity contribution >= 4 is 23.9 Å². The first-order chi connectivity index (χ1) is 17.1. The molecule has 0 amide bonds. The number of rotatable bonds is 9. The van der Waals surface area contributed by atoms with Crippen molar-refractivity contribution in [2.45, 2.75) is 58.8 Å². The van der Waals surface area contributed by atoms with Crippen LogP contribution in [0.1, 0.15) is 46.5 Å². The Labute approximate surface area is 218 Å². The Bertz CT molecular complexity index is 968. The highest BCUT2D eigenvalue weighted by Gasteiger charge is 2.84. The van der Waals surface area contributed by atoms with Crippen molar-refractivity contribution in [1.82, 2.24) is 4.90 Å². The lowest BCUT2D eigenvalue weighted by atomic mass is 9.43. The van der Waals surface area contributed by atoms with Crippen LogP contribution >= 0.6 is 11.6 Å². The number of carboxylic acids is 1. The van der Waals surface area contributed by atoms with Gasteiger partial charge in [0, 0.05) is 17.0 Å². The SMILES string of the molecule is C=C(Cl)CN1C[C@H](OC[C@@]23C[C@@H]4[C@H](C)CC[C@H]4[C@@]4(C=O)C[C@@H]2C=C(C(C)C)[C@@]34C(=O)O)OC[C@H]1CO. The first kappa shape index (κ1) is 26.4. The second-order valence-electron chi connectivity index (χ2n) is 12.3. The molecule has 0 aromatic heterocycles. The van der Waals surface area contributed by atoms with E-state index in [-0.39, 0.29) is 37.0 Å². The molecule has 1 heterocycles. The van der Waals surface area contributed by atoms with E-state index in [1.54, 1.807) is 0 Å². The van der Waals surface area contributed by atoms with Crippen LogP contribution in [0.25, 0.3) is 0 Å². The molecule has 9 atom stereocenters. The van der Waals surface area contributed by atoms with Gasteiger partial charge in [-0.05, 0) is 48.9 Å². The minimum Gasteiger partial charge on any atom is -0.481 e. The smallest absolute Gasteiger partial charge is 0.315 e. The van der Waals surface area contributed by atoms with E-state index < -0.39 is 28.5 Å². The number of aldehydes is 1. The number of fused-ring (bicyclic) bond motifs is 2. The molecule has 0 aromatic carbocycles. The molecular formula is C28H40ClNO6. The summed E-state index contributed by atoms with van der Waals surface area (Å²) in [7, 11) is 0. The molecule has 4 fully saturated rings. The van der Waals surface area contributed by atoms with Gasteiger partial charge in [0.05, 0.1) is 37.8 Å². The Morgan fingerprint density at radius 3 is 2.75 bits per heavy atom. The van der Waals surface area contributed by atoms with Crippen LogP contribution in [-0.2, 0) is 19.1 Å². The average Bonchev–Trinajstić information content (AvgIpc) is 3.40. The zero-order chi connectivity index (χ0) is 26.0. The van der Waals surface area contributed by atoms with Crippen molar-refractivity contribution in [2.75, 3.05) is 32.9 Å². The fourth-order valence-corrected chi connectivity index (χ4v) is 9.43. The molecule has 200 valence electrons. The number of carbonyl (C=O) groups excluding carboxylic acids is 1. The quantitative estimate of drug-likeness (QED) is 0.353. The van der Waals surface area contributed by atoms with E-state index in [1.165, 1.54) is 0 Å². The average molecular weight is 522 g/mol. The molecule has 8 heteroatoms. The zero-order valence-electron chi connectivity index (χ0n) is 21.6. The molecule has 5 rings (SSSR count). The summed E-state index contributed by atoms with van der Waals surface area (Å²) in [6.07, 6.45) is 5.95. The third-order valence-corrected chi connectivity index (χ3v) is 10.7. The van der Waals surface area contributed by atoms with E-state index in [0.717, 1.165) is 31.1 Å². The van der Waals surface area contributed by atoms with E-state index in [1.807, 2.05) is 18.7 Å². The second-order valence-corrected chi connectivity index (χ2v) is 12.9. The molecule has 4 bridgehead atoms. The summed E-state index contributed by atoms with van der Waals surface area (Å²) in [5.74, 6) is 0.0207. The number of aliphatic hydroxyl groups excluding tert-OH is 1. The number of halogens is 1. The summed E-state index contributed by atoms with van der Waals surface area (Å²) in [5, 5.41) is 21.3. The lowest BCUT2D eigenvalue weighted by Crippen LogP contribution is -2.64. The third kappa shape index (κ3) is 3.32. The summed E-state index contributed by atoms with van der Waals surface area (Å²) in [6, 6.07) is -0.196. The van der Waals surface area contributed by atoms with Gasteiger partial charge in [-0.25, -0.2) is 0 Å². The fraction of sp³-hybridized carbons (Fsp3) is 0.786. The number of aliphatic carboxylic acids is 1. The zero-order valence-corrected chi connectivity index (χ0v) is 22.4. The fourth-order valence-electron chi connectivity index (χ4n) is 9.28. The lowest BCUT2D eigenvalue weighted by molar-refractivity contribution is -0.230. The molecule has 36 heavy (non-hydrogen) atoms. The van der Waals surface area contributed by atoms with Crippen molar-refractivity contribution in [1.29, 1.82) is 0 Å². The van der Waals surface area contributed by atoms with Gasteiger partial charge in [-0.1, -0.05) is 57.0 Å². The van der Waals surface area contributed by atoms with Crippen LogP contribution in [-0.4, -0.2) is 72.6 Å². The van der Waals surface area contributed by atoms with Crippen molar-refractivity contribution in [3.8, 4) is 0 Å². The maximum atomic E-state index is 13.5. The molecule has 5 aliphatic rings. The predicted molar refractivity (Wildman–Crippen MR) is 135 cm³/mol. The monoisotopic (exact) mass is 521 g/mol. The topological polar surface area (TPSA) is 96.3 Å². The Balaban J connectivity index is 1.51. The normalized spacial score (nSPS) is 45.6. The molecule has 1 saturated heterocycles. The van der Waals surface area contributed by atoms with Gasteiger partial charge in [0.15, 0.2) is 6.29 Å². The highest BCUT2D eigenvalue weighted by Crippen LogP contribution is 2.82. The Hall–Kier alpha value is -1.25. The lowest BCUT2D eigenvalue weighted by Gasteiger charge is -2.58. The van der Waals surface area contributed by atoms with E-state index in [4.69, 9.17) is 21.1 Å². The van der Waals surface area contributed by atoms with Crippen LogP contribution in [0.15, 0.2) is 23.3 Å². The molecule has 0 spiro atoms. The highest BCUT2D eigenvalue weighted by molar-refractivity contribution is 6.29. The first-order valence-electron chi connectivity index (χ1n) is 13.4. The van der Waals surface area contributed by atoms with Crippen molar-refractivity contribution < 1.29 is 29.3 Å². The number of allylic oxidation sites excluding steroid dienone is 1. The van der Waals surface area contributed by atoms with Crippen molar-refractivity contribution in [3.05, 3.63) is 23.3 Å². The van der Waals surface area contributed by atoms with Crippen molar-refractivity contribution in [2.24, 2.45) is 45.8 Å². The summed E-state index contributed by atoms with van der Waals surface area (Å²) >= 11 is 6.07. The van der Waals surface area contributed by atoms with Gasteiger partial charge < -0.3 is 24.5 Å². The maximum Gasteiger partial charge on any atom is 0.315 e. The largest absolute Gasteiger partial charge is 0.481 e. The molecule has 0 radical (unpaired) electrons. The van der Waals surface area contributed by atoms with Gasteiger partial charge in [-0.3, -0.25) is 9.69 Å². The number of carbonyl (C=O) groups is 2. The molecule has 7 nitrogen and oxygen atoms in total. The second kappa shape index (κ2) is 9.19. The number of hydrogen-bond acceptors (Lipinski definition) is 6. The Morgan fingerprint density at radius 2 is 2.14 bits per heavy atom. The third-order valence-electron chi connectivity index (χ3n) is 10.6. The van der Waals surface area contributed by atoms with Crippen LogP contribution in [0.2, 0.25) is 0 Å². The number of ether oxygens (including phenoxy) is 2. The van der Waals surface area contributed by atoms with Gasteiger partial charge in [0.1, 0.15) is 11.7 Å². The van der Waals surface area contributed by atoms with E-state index >= 15 is 0 Å². The molecule has 2 N–H and O–H groups in total. The number of carboxylic acid groups (broad SMARTS) is 1. The summed E-state index contributed by atoms with van der Waals surface area (Å²) < 4.78 is 12.4. The number of morpholine rings is 1. The van der Waals surface area contributed by atoms with Crippen LogP contribution in [0.3, 0.4) is 0 Å². The minimum absolute atomic E-state index is 0.0125. The number of nitrogens with zero attached hydrogens (tertiary/aromatic N) is 1. The Kier molecular flexibility index (Phi) is 6.73. The van der Waals surface area contributed by atoms with Gasteiger partial charge in [-0.2, -0.15) is 0 Å². The molecule has 0 aromatic rings. The molecule has 0 unspecified atom stereocenters. The molecule has 1 aliphatic heterocycles. The summed E-state index contributed by atoms with van der Waals surface area (Å²) in [4.78, 5) is 28.6. The van der Waals surface area contributed by atoms with Crippen LogP contribution < -0.4 is 0 Å². The predicted octanol–water partition coefficient (Wildman–Crippen LogP) is 3.70. The molecule has 4 aliphatic carbocycles. The number of aliphatic hydroxyl groups is 1. The van der Waals surface area contributed by atoms with E-state index in [9.17, 15) is 19.8 Å². The number of hydrogen-bond donors (Lipinski definition) is 2. The Morgan fingerprint density at radius 1 is 1.39 bits per heavy atom. The van der Waals surface area contributed by atoms with Gasteiger partial charge >= 0.3 is 5.97 Å². The highest BCUT2D eigenvalue weighted by atomic mass is 35.5. The summed E-state index contributed by atoms with van der Waals surface area (Å²) in [6.45, 7) is 11.4. The van der Waals surface area contributed by atoms with Gasteiger partial charge in [0.25, 0.3) is 0 Å².